The fourth-order valence-electron chi connectivity index (χ4n) is 2.20. The molecule has 0 radical (unpaired) electrons. The van der Waals surface area contributed by atoms with Gasteiger partial charge in [-0.25, -0.2) is 0 Å². The van der Waals surface area contributed by atoms with E-state index in [1.54, 1.807) is 0 Å². The molecule has 1 fully saturated rings. The summed E-state index contributed by atoms with van der Waals surface area (Å²) in [5.41, 5.74) is 0.0422. The van der Waals surface area contributed by atoms with E-state index < -0.39 is 0 Å². The van der Waals surface area contributed by atoms with Crippen molar-refractivity contribution in [1.29, 1.82) is 0 Å². The largest absolute Gasteiger partial charge is 0.508 e. The lowest BCUT2D eigenvalue weighted by Crippen LogP contribution is -2.54. The first-order chi connectivity index (χ1) is 8.90. The highest BCUT2D eigenvalue weighted by atomic mass is 16.5. The van der Waals surface area contributed by atoms with E-state index in [4.69, 9.17) is 4.74 Å². The Hall–Kier alpha value is -1.59. The van der Waals surface area contributed by atoms with Crippen LogP contribution in [0.1, 0.15) is 24.2 Å². The maximum atomic E-state index is 12.2. The Balaban J connectivity index is 2.12. The summed E-state index contributed by atoms with van der Waals surface area (Å²) >= 11 is 0. The van der Waals surface area contributed by atoms with Gasteiger partial charge < -0.3 is 14.9 Å². The molecule has 0 atom stereocenters. The van der Waals surface area contributed by atoms with Crippen LogP contribution in [-0.4, -0.2) is 52.7 Å². The fourth-order valence-corrected chi connectivity index (χ4v) is 2.20. The van der Waals surface area contributed by atoms with Crippen molar-refractivity contribution in [3.8, 4) is 11.5 Å². The van der Waals surface area contributed by atoms with E-state index >= 15 is 0 Å². The van der Waals surface area contributed by atoms with Gasteiger partial charge in [0.2, 0.25) is 0 Å². The van der Waals surface area contributed by atoms with Crippen LogP contribution < -0.4 is 0 Å². The second kappa shape index (κ2) is 5.19. The summed E-state index contributed by atoms with van der Waals surface area (Å²) in [6.45, 7) is 6.17. The molecule has 0 bridgehead atoms. The van der Waals surface area contributed by atoms with Crippen molar-refractivity contribution in [1.82, 2.24) is 4.90 Å². The number of nitrogens with zero attached hydrogens (tertiary/aromatic N) is 1. The molecule has 1 aliphatic rings. The van der Waals surface area contributed by atoms with E-state index in [1.165, 1.54) is 18.2 Å². The third-order valence-electron chi connectivity index (χ3n) is 3.43. The summed E-state index contributed by atoms with van der Waals surface area (Å²) in [6.07, 6.45) is 0. The molecule has 0 aliphatic carbocycles. The van der Waals surface area contributed by atoms with Gasteiger partial charge in [0.25, 0.3) is 0 Å². The first-order valence-electron chi connectivity index (χ1n) is 6.28. The number of morpholine rings is 1. The van der Waals surface area contributed by atoms with Crippen LogP contribution in [0.25, 0.3) is 0 Å². The molecule has 5 nitrogen and oxygen atoms in total. The maximum Gasteiger partial charge on any atom is 0.180 e. The predicted octanol–water partition coefficient (Wildman–Crippen LogP) is 1.39. The highest BCUT2D eigenvalue weighted by molar-refractivity contribution is 6.00. The zero-order valence-electron chi connectivity index (χ0n) is 11.2. The maximum absolute atomic E-state index is 12.2. The topological polar surface area (TPSA) is 70.0 Å². The van der Waals surface area contributed by atoms with Crippen LogP contribution >= 0.6 is 0 Å². The number of phenolic OH excluding ortho intramolecular Hbond substituents is 2. The molecular formula is C14H19NO4. The monoisotopic (exact) mass is 265 g/mol. The number of carbonyl (C=O) groups is 1. The average molecular weight is 265 g/mol. The predicted molar refractivity (Wildman–Crippen MR) is 70.6 cm³/mol. The number of carbonyl (C=O) groups excluding carboxylic acids is 1. The first-order valence-corrected chi connectivity index (χ1v) is 6.28. The molecule has 5 heteroatoms. The number of ketones is 1. The van der Waals surface area contributed by atoms with Gasteiger partial charge in [-0.1, -0.05) is 0 Å². The van der Waals surface area contributed by atoms with E-state index in [-0.39, 0.29) is 34.9 Å². The number of benzene rings is 1. The van der Waals surface area contributed by atoms with E-state index in [2.05, 4.69) is 0 Å². The first kappa shape index (κ1) is 13.8. The summed E-state index contributed by atoms with van der Waals surface area (Å²) < 4.78 is 5.41. The van der Waals surface area contributed by atoms with E-state index in [9.17, 15) is 15.0 Å². The van der Waals surface area contributed by atoms with Gasteiger partial charge in [-0.15, -0.1) is 0 Å². The molecule has 2 rings (SSSR count). The Morgan fingerprint density at radius 2 is 2.16 bits per heavy atom. The van der Waals surface area contributed by atoms with Gasteiger partial charge in [-0.2, -0.15) is 0 Å². The highest BCUT2D eigenvalue weighted by Crippen LogP contribution is 2.25. The van der Waals surface area contributed by atoms with E-state index in [1.807, 2.05) is 18.7 Å². The minimum Gasteiger partial charge on any atom is -0.508 e. The number of rotatable bonds is 3. The normalized spacial score (nSPS) is 19.3. The van der Waals surface area contributed by atoms with E-state index in [0.29, 0.717) is 19.8 Å². The summed E-state index contributed by atoms with van der Waals surface area (Å²) in [5.74, 6) is -0.399. The molecule has 1 aromatic rings. The van der Waals surface area contributed by atoms with Gasteiger partial charge >= 0.3 is 0 Å². The lowest BCUT2D eigenvalue weighted by atomic mass is 10.0. The average Bonchev–Trinajstić information content (AvgIpc) is 2.31. The third-order valence-corrected chi connectivity index (χ3v) is 3.43. The Labute approximate surface area is 112 Å². The van der Waals surface area contributed by atoms with Gasteiger partial charge in [-0.3, -0.25) is 9.69 Å². The van der Waals surface area contributed by atoms with Crippen molar-refractivity contribution in [3.05, 3.63) is 23.8 Å². The minimum absolute atomic E-state index is 0.0549. The van der Waals surface area contributed by atoms with Crippen LogP contribution in [0.5, 0.6) is 11.5 Å². The quantitative estimate of drug-likeness (QED) is 0.808. The molecule has 0 saturated carbocycles. The number of aromatic hydroxyl groups is 2. The van der Waals surface area contributed by atoms with Gasteiger partial charge in [-0.05, 0) is 26.0 Å². The summed E-state index contributed by atoms with van der Waals surface area (Å²) in [4.78, 5) is 14.3. The van der Waals surface area contributed by atoms with Crippen LogP contribution in [0.4, 0.5) is 0 Å². The van der Waals surface area contributed by atoms with Crippen LogP contribution in [0.3, 0.4) is 0 Å². The molecule has 0 amide bonds. The Morgan fingerprint density at radius 3 is 2.79 bits per heavy atom. The molecule has 104 valence electrons. The minimum atomic E-state index is -0.194. The van der Waals surface area contributed by atoms with Crippen molar-refractivity contribution in [2.75, 3.05) is 26.3 Å². The van der Waals surface area contributed by atoms with Crippen LogP contribution in [-0.2, 0) is 4.74 Å². The molecule has 1 heterocycles. The van der Waals surface area contributed by atoms with Crippen molar-refractivity contribution in [3.63, 3.8) is 0 Å². The summed E-state index contributed by atoms with van der Waals surface area (Å²) in [6, 6.07) is 4.02. The summed E-state index contributed by atoms with van der Waals surface area (Å²) in [5, 5.41) is 18.9. The fraction of sp³-hybridized carbons (Fsp3) is 0.500. The second-order valence-corrected chi connectivity index (χ2v) is 5.41. The van der Waals surface area contributed by atoms with Gasteiger partial charge in [0.05, 0.1) is 25.3 Å². The zero-order valence-corrected chi connectivity index (χ0v) is 11.2. The highest BCUT2D eigenvalue weighted by Gasteiger charge is 2.32. The van der Waals surface area contributed by atoms with Crippen molar-refractivity contribution >= 4 is 5.78 Å². The van der Waals surface area contributed by atoms with E-state index in [0.717, 1.165) is 0 Å². The van der Waals surface area contributed by atoms with Crippen LogP contribution in [0.2, 0.25) is 0 Å². The number of ether oxygens (including phenoxy) is 1. The Morgan fingerprint density at radius 1 is 1.42 bits per heavy atom. The van der Waals surface area contributed by atoms with Crippen LogP contribution in [0.15, 0.2) is 18.2 Å². The summed E-state index contributed by atoms with van der Waals surface area (Å²) in [7, 11) is 0. The molecule has 0 unspecified atom stereocenters. The SMILES string of the molecule is CC1(C)COCCN1CC(=O)c1ccc(O)cc1O. The van der Waals surface area contributed by atoms with Crippen molar-refractivity contribution in [2.45, 2.75) is 19.4 Å². The third kappa shape index (κ3) is 3.05. The Kier molecular flexibility index (Phi) is 3.78. The molecule has 0 spiro atoms. The molecule has 0 aromatic heterocycles. The second-order valence-electron chi connectivity index (χ2n) is 5.41. The van der Waals surface area contributed by atoms with Crippen LogP contribution in [0, 0.1) is 0 Å². The van der Waals surface area contributed by atoms with Crippen molar-refractivity contribution in [2.24, 2.45) is 0 Å². The lowest BCUT2D eigenvalue weighted by molar-refractivity contribution is -0.0467. The molecule has 1 saturated heterocycles. The lowest BCUT2D eigenvalue weighted by Gasteiger charge is -2.41. The molecule has 19 heavy (non-hydrogen) atoms. The molecule has 1 aliphatic heterocycles. The molecular weight excluding hydrogens is 246 g/mol. The number of phenols is 2. The number of Topliss-reactive ketones (excluding diaryl/α,β-unsaturated/α-hetero) is 1. The molecule has 1 aromatic carbocycles. The number of hydrogen-bond donors (Lipinski definition) is 2. The smallest absolute Gasteiger partial charge is 0.180 e. The number of hydrogen-bond acceptors (Lipinski definition) is 5. The van der Waals surface area contributed by atoms with Crippen molar-refractivity contribution < 1.29 is 19.7 Å². The standard InChI is InChI=1S/C14H19NO4/c1-14(2)9-19-6-5-15(14)8-13(18)11-4-3-10(16)7-12(11)17/h3-4,7,16-17H,5-6,8-9H2,1-2H3. The molecule has 2 N–H and O–H groups in total. The zero-order chi connectivity index (χ0) is 14.0. The van der Waals surface area contributed by atoms with Gasteiger partial charge in [0, 0.05) is 18.2 Å². The van der Waals surface area contributed by atoms with Gasteiger partial charge in [0.15, 0.2) is 5.78 Å². The van der Waals surface area contributed by atoms with Gasteiger partial charge in [0.1, 0.15) is 11.5 Å². The Bertz CT molecular complexity index is 484.